The number of likely N-dealkylation sites (tertiary alicyclic amines) is 1. The van der Waals surface area contributed by atoms with Crippen molar-refractivity contribution in [3.8, 4) is 5.75 Å². The van der Waals surface area contributed by atoms with E-state index in [4.69, 9.17) is 4.74 Å². The highest BCUT2D eigenvalue weighted by Gasteiger charge is 2.64. The molecule has 3 fully saturated rings. The summed E-state index contributed by atoms with van der Waals surface area (Å²) in [6.45, 7) is 5.15. The van der Waals surface area contributed by atoms with Gasteiger partial charge >= 0.3 is 0 Å². The second-order valence-electron chi connectivity index (χ2n) is 9.11. The first-order valence-corrected chi connectivity index (χ1v) is 11.6. The van der Waals surface area contributed by atoms with E-state index >= 15 is 0 Å². The molecule has 5 rings (SSSR count). The van der Waals surface area contributed by atoms with Crippen LogP contribution in [-0.4, -0.2) is 52.6 Å². The third kappa shape index (κ3) is 3.35. The number of carbonyl (C=O) groups excluding carboxylic acids is 1. The fraction of sp³-hybridized carbons (Fsp3) is 0.500. The summed E-state index contributed by atoms with van der Waals surface area (Å²) in [4.78, 5) is 18.3. The number of nitrogens with zero attached hydrogens (tertiary/aromatic N) is 2. The van der Waals surface area contributed by atoms with Gasteiger partial charge in [-0.2, -0.15) is 0 Å². The summed E-state index contributed by atoms with van der Waals surface area (Å²) in [6, 6.07) is 16.9. The molecule has 0 radical (unpaired) electrons. The molecule has 5 nitrogen and oxygen atoms in total. The molecule has 3 heterocycles. The van der Waals surface area contributed by atoms with Crippen LogP contribution in [0.4, 0.5) is 0 Å². The standard InChI is InChI=1S/C26H32N2O3/c1-2-31-24-10-9-20(15-21(24)18-29)23-16-22-17-27(14-11-19-7-4-3-5-8-19)25(30)26(22)12-6-13-28(23)26/h3-5,7-10,15,22-23,29H,2,6,11-14,16-18H2,1H3/t22-,23-,26-/m0/s1. The van der Waals surface area contributed by atoms with E-state index in [2.05, 4.69) is 46.2 Å². The Morgan fingerprint density at radius 1 is 1.19 bits per heavy atom. The van der Waals surface area contributed by atoms with Crippen LogP contribution in [0.15, 0.2) is 48.5 Å². The number of aliphatic hydroxyl groups excluding tert-OH is 1. The second-order valence-corrected chi connectivity index (χ2v) is 9.11. The van der Waals surface area contributed by atoms with E-state index in [1.54, 1.807) is 0 Å². The van der Waals surface area contributed by atoms with Gasteiger partial charge in [-0.25, -0.2) is 0 Å². The molecular weight excluding hydrogens is 388 g/mol. The van der Waals surface area contributed by atoms with Gasteiger partial charge in [-0.15, -0.1) is 0 Å². The number of benzene rings is 2. The highest BCUT2D eigenvalue weighted by Crippen LogP contribution is 2.56. The van der Waals surface area contributed by atoms with Crippen molar-refractivity contribution < 1.29 is 14.6 Å². The predicted octanol–water partition coefficient (Wildman–Crippen LogP) is 3.56. The fourth-order valence-corrected chi connectivity index (χ4v) is 6.22. The SMILES string of the molecule is CCOc1ccc([C@@H]2C[C@H]3CN(CCc4ccccc4)C(=O)[C@]34CCCN24)cc1CO. The van der Waals surface area contributed by atoms with Crippen LogP contribution < -0.4 is 4.74 Å². The average molecular weight is 421 g/mol. The molecule has 0 aliphatic carbocycles. The van der Waals surface area contributed by atoms with Crippen LogP contribution in [0, 0.1) is 5.92 Å². The lowest BCUT2D eigenvalue weighted by Crippen LogP contribution is -2.49. The zero-order valence-corrected chi connectivity index (χ0v) is 18.3. The summed E-state index contributed by atoms with van der Waals surface area (Å²) in [5.41, 5.74) is 3.00. The Morgan fingerprint density at radius 2 is 2.03 bits per heavy atom. The summed E-state index contributed by atoms with van der Waals surface area (Å²) in [5, 5.41) is 9.84. The molecule has 5 heteroatoms. The number of hydrogen-bond donors (Lipinski definition) is 1. The van der Waals surface area contributed by atoms with Gasteiger partial charge in [0.2, 0.25) is 5.91 Å². The van der Waals surface area contributed by atoms with Crippen LogP contribution in [-0.2, 0) is 17.8 Å². The van der Waals surface area contributed by atoms with E-state index in [1.807, 2.05) is 19.1 Å². The van der Waals surface area contributed by atoms with Gasteiger partial charge in [0, 0.05) is 30.6 Å². The van der Waals surface area contributed by atoms with Gasteiger partial charge in [-0.3, -0.25) is 9.69 Å². The molecule has 1 N–H and O–H groups in total. The smallest absolute Gasteiger partial charge is 0.243 e. The van der Waals surface area contributed by atoms with E-state index in [-0.39, 0.29) is 18.2 Å². The van der Waals surface area contributed by atoms with Crippen LogP contribution >= 0.6 is 0 Å². The summed E-state index contributed by atoms with van der Waals surface area (Å²) in [6.07, 6.45) is 3.97. The Hall–Kier alpha value is -2.37. The second kappa shape index (κ2) is 8.29. The van der Waals surface area contributed by atoms with Crippen molar-refractivity contribution in [2.75, 3.05) is 26.2 Å². The average Bonchev–Trinajstić information content (AvgIpc) is 3.43. The van der Waals surface area contributed by atoms with Gasteiger partial charge in [-0.05, 0) is 62.4 Å². The number of aliphatic hydroxyl groups is 1. The summed E-state index contributed by atoms with van der Waals surface area (Å²) in [5.74, 6) is 1.47. The van der Waals surface area contributed by atoms with E-state index < -0.39 is 0 Å². The van der Waals surface area contributed by atoms with Crippen LogP contribution in [0.5, 0.6) is 5.75 Å². The van der Waals surface area contributed by atoms with Gasteiger partial charge in [0.05, 0.1) is 13.2 Å². The van der Waals surface area contributed by atoms with Crippen molar-refractivity contribution in [1.29, 1.82) is 0 Å². The highest BCUT2D eigenvalue weighted by atomic mass is 16.5. The number of carbonyl (C=O) groups is 1. The Kier molecular flexibility index (Phi) is 5.49. The Labute approximate surface area is 184 Å². The molecule has 0 bridgehead atoms. The molecule has 0 unspecified atom stereocenters. The Balaban J connectivity index is 1.36. The molecule has 3 aliphatic heterocycles. The van der Waals surface area contributed by atoms with Crippen molar-refractivity contribution in [1.82, 2.24) is 9.80 Å². The molecular formula is C26H32N2O3. The lowest BCUT2D eigenvalue weighted by atomic mass is 9.85. The van der Waals surface area contributed by atoms with Crippen LogP contribution in [0.25, 0.3) is 0 Å². The van der Waals surface area contributed by atoms with E-state index in [9.17, 15) is 9.90 Å². The lowest BCUT2D eigenvalue weighted by molar-refractivity contribution is -0.136. The summed E-state index contributed by atoms with van der Waals surface area (Å²) < 4.78 is 5.67. The third-order valence-electron chi connectivity index (χ3n) is 7.58. The number of rotatable bonds is 7. The maximum Gasteiger partial charge on any atom is 0.243 e. The normalized spacial score (nSPS) is 27.5. The molecule has 164 valence electrons. The minimum atomic E-state index is -0.320. The van der Waals surface area contributed by atoms with Gasteiger partial charge in [0.15, 0.2) is 0 Å². The van der Waals surface area contributed by atoms with Crippen LogP contribution in [0.1, 0.15) is 48.9 Å². The van der Waals surface area contributed by atoms with Crippen molar-refractivity contribution in [3.05, 3.63) is 65.2 Å². The van der Waals surface area contributed by atoms with E-state index in [1.165, 1.54) is 11.1 Å². The Bertz CT molecular complexity index is 947. The molecule has 3 aliphatic rings. The molecule has 0 saturated carbocycles. The first-order valence-electron chi connectivity index (χ1n) is 11.6. The fourth-order valence-electron chi connectivity index (χ4n) is 6.22. The summed E-state index contributed by atoms with van der Waals surface area (Å²) in [7, 11) is 0. The molecule has 3 saturated heterocycles. The predicted molar refractivity (Wildman–Crippen MR) is 120 cm³/mol. The van der Waals surface area contributed by atoms with E-state index in [0.29, 0.717) is 18.4 Å². The lowest BCUT2D eigenvalue weighted by Gasteiger charge is -2.34. The highest BCUT2D eigenvalue weighted by molar-refractivity contribution is 5.90. The van der Waals surface area contributed by atoms with Gasteiger partial charge in [-0.1, -0.05) is 36.4 Å². The third-order valence-corrected chi connectivity index (χ3v) is 7.58. The van der Waals surface area contributed by atoms with Gasteiger partial charge in [0.1, 0.15) is 11.3 Å². The zero-order chi connectivity index (χ0) is 21.4. The monoisotopic (exact) mass is 420 g/mol. The maximum atomic E-state index is 13.7. The zero-order valence-electron chi connectivity index (χ0n) is 18.3. The molecule has 2 aromatic carbocycles. The quantitative estimate of drug-likeness (QED) is 0.744. The Morgan fingerprint density at radius 3 is 2.81 bits per heavy atom. The van der Waals surface area contributed by atoms with Crippen LogP contribution in [0.2, 0.25) is 0 Å². The molecule has 1 amide bonds. The minimum Gasteiger partial charge on any atom is -0.494 e. The van der Waals surface area contributed by atoms with Crippen molar-refractivity contribution in [3.63, 3.8) is 0 Å². The first kappa shape index (κ1) is 20.5. The molecule has 2 aromatic rings. The topological polar surface area (TPSA) is 53.0 Å². The molecule has 0 aromatic heterocycles. The molecule has 1 spiro atoms. The number of hydrogen-bond acceptors (Lipinski definition) is 4. The van der Waals surface area contributed by atoms with Crippen LogP contribution in [0.3, 0.4) is 0 Å². The number of ether oxygens (including phenoxy) is 1. The largest absolute Gasteiger partial charge is 0.494 e. The van der Waals surface area contributed by atoms with Gasteiger partial charge in [0.25, 0.3) is 0 Å². The molecule has 31 heavy (non-hydrogen) atoms. The first-order chi connectivity index (χ1) is 15.2. The number of amides is 1. The molecule has 3 atom stereocenters. The van der Waals surface area contributed by atoms with Crippen molar-refractivity contribution in [2.24, 2.45) is 5.92 Å². The maximum absolute atomic E-state index is 13.7. The van der Waals surface area contributed by atoms with Gasteiger partial charge < -0.3 is 14.7 Å². The van der Waals surface area contributed by atoms with E-state index in [0.717, 1.165) is 56.6 Å². The minimum absolute atomic E-state index is 0.0311. The van der Waals surface area contributed by atoms with Crippen molar-refractivity contribution in [2.45, 2.75) is 50.8 Å². The summed E-state index contributed by atoms with van der Waals surface area (Å²) >= 11 is 0. The van der Waals surface area contributed by atoms with Crippen molar-refractivity contribution >= 4 is 5.91 Å².